The predicted molar refractivity (Wildman–Crippen MR) is 77.6 cm³/mol. The van der Waals surface area contributed by atoms with E-state index in [0.717, 1.165) is 25.2 Å². The molecule has 0 aromatic heterocycles. The summed E-state index contributed by atoms with van der Waals surface area (Å²) in [5, 5.41) is 10.8. The zero-order valence-electron chi connectivity index (χ0n) is 12.0. The zero-order valence-corrected chi connectivity index (χ0v) is 12.0. The van der Waals surface area contributed by atoms with Gasteiger partial charge in [-0.05, 0) is 37.2 Å². The van der Waals surface area contributed by atoms with Crippen LogP contribution < -0.4 is 10.5 Å². The van der Waals surface area contributed by atoms with Crippen LogP contribution in [0.3, 0.4) is 0 Å². The third-order valence-corrected chi connectivity index (χ3v) is 4.32. The van der Waals surface area contributed by atoms with Gasteiger partial charge in [-0.25, -0.2) is 0 Å². The lowest BCUT2D eigenvalue weighted by Crippen LogP contribution is -2.29. The topological polar surface area (TPSA) is 78.4 Å². The highest BCUT2D eigenvalue weighted by atomic mass is 16.6. The Kier molecular flexibility index (Phi) is 4.60. The van der Waals surface area contributed by atoms with Gasteiger partial charge in [0.05, 0.1) is 11.0 Å². The minimum atomic E-state index is -0.409. The van der Waals surface area contributed by atoms with Gasteiger partial charge in [-0.3, -0.25) is 10.1 Å². The largest absolute Gasteiger partial charge is 0.490 e. The van der Waals surface area contributed by atoms with Crippen LogP contribution in [0.5, 0.6) is 5.75 Å². The molecular weight excluding hydrogens is 256 g/mol. The van der Waals surface area contributed by atoms with Crippen molar-refractivity contribution in [1.82, 2.24) is 0 Å². The smallest absolute Gasteiger partial charge is 0.270 e. The van der Waals surface area contributed by atoms with Crippen molar-refractivity contribution < 1.29 is 9.66 Å². The fourth-order valence-electron chi connectivity index (χ4n) is 2.74. The van der Waals surface area contributed by atoms with Crippen molar-refractivity contribution in [2.45, 2.75) is 45.8 Å². The molecule has 1 fully saturated rings. The molecule has 5 heteroatoms. The highest BCUT2D eigenvalue weighted by Gasteiger charge is 2.26. The van der Waals surface area contributed by atoms with E-state index in [4.69, 9.17) is 10.5 Å². The van der Waals surface area contributed by atoms with Gasteiger partial charge in [-0.15, -0.1) is 0 Å². The van der Waals surface area contributed by atoms with Gasteiger partial charge in [0.2, 0.25) is 0 Å². The number of hydrogen-bond acceptors (Lipinski definition) is 4. The van der Waals surface area contributed by atoms with Gasteiger partial charge in [0.15, 0.2) is 0 Å². The summed E-state index contributed by atoms with van der Waals surface area (Å²) in [7, 11) is 0. The Balaban J connectivity index is 2.11. The summed E-state index contributed by atoms with van der Waals surface area (Å²) in [5.41, 5.74) is 6.43. The first-order chi connectivity index (χ1) is 9.51. The predicted octanol–water partition coefficient (Wildman–Crippen LogP) is 3.26. The van der Waals surface area contributed by atoms with E-state index < -0.39 is 4.92 Å². The number of nitro benzene ring substituents is 1. The minimum absolute atomic E-state index is 0.0587. The van der Waals surface area contributed by atoms with Crippen LogP contribution in [0.4, 0.5) is 5.69 Å². The average Bonchev–Trinajstić information content (AvgIpc) is 2.43. The highest BCUT2D eigenvalue weighted by Crippen LogP contribution is 2.33. The van der Waals surface area contributed by atoms with Crippen molar-refractivity contribution in [3.05, 3.63) is 33.9 Å². The number of nitrogens with zero attached hydrogens (tertiary/aromatic N) is 1. The molecule has 0 spiro atoms. The van der Waals surface area contributed by atoms with E-state index in [2.05, 4.69) is 13.8 Å². The van der Waals surface area contributed by atoms with Crippen molar-refractivity contribution in [2.75, 3.05) is 0 Å². The van der Waals surface area contributed by atoms with Gasteiger partial charge in [0.25, 0.3) is 5.69 Å². The summed E-state index contributed by atoms with van der Waals surface area (Å²) >= 11 is 0. The summed E-state index contributed by atoms with van der Waals surface area (Å²) in [6.07, 6.45) is 3.42. The van der Waals surface area contributed by atoms with E-state index in [1.165, 1.54) is 12.1 Å². The van der Waals surface area contributed by atoms with Crippen molar-refractivity contribution in [3.63, 3.8) is 0 Å². The van der Waals surface area contributed by atoms with Crippen molar-refractivity contribution >= 4 is 5.69 Å². The van der Waals surface area contributed by atoms with Gasteiger partial charge in [0, 0.05) is 24.2 Å². The normalized spacial score (nSPS) is 26.2. The first-order valence-corrected chi connectivity index (χ1v) is 7.15. The molecule has 0 heterocycles. The molecular formula is C15H22N2O3. The molecule has 1 saturated carbocycles. The maximum absolute atomic E-state index is 10.8. The molecule has 0 radical (unpaired) electrons. The van der Waals surface area contributed by atoms with Crippen LogP contribution in [-0.2, 0) is 6.54 Å². The summed E-state index contributed by atoms with van der Waals surface area (Å²) in [4.78, 5) is 10.4. The second kappa shape index (κ2) is 6.22. The minimum Gasteiger partial charge on any atom is -0.490 e. The van der Waals surface area contributed by atoms with Gasteiger partial charge < -0.3 is 10.5 Å². The Labute approximate surface area is 119 Å². The molecule has 110 valence electrons. The van der Waals surface area contributed by atoms with E-state index in [9.17, 15) is 10.1 Å². The van der Waals surface area contributed by atoms with Crippen LogP contribution >= 0.6 is 0 Å². The van der Waals surface area contributed by atoms with Crippen LogP contribution in [0.1, 0.15) is 38.7 Å². The number of non-ortho nitro benzene ring substituents is 1. The van der Waals surface area contributed by atoms with Crippen molar-refractivity contribution in [3.8, 4) is 5.75 Å². The average molecular weight is 278 g/mol. The van der Waals surface area contributed by atoms with Crippen LogP contribution in [0, 0.1) is 22.0 Å². The van der Waals surface area contributed by atoms with Crippen LogP contribution in [0.15, 0.2) is 18.2 Å². The second-order valence-electron chi connectivity index (χ2n) is 5.76. The van der Waals surface area contributed by atoms with E-state index >= 15 is 0 Å². The summed E-state index contributed by atoms with van der Waals surface area (Å²) < 4.78 is 6.03. The van der Waals surface area contributed by atoms with E-state index in [1.807, 2.05) is 0 Å². The quantitative estimate of drug-likeness (QED) is 0.677. The van der Waals surface area contributed by atoms with E-state index in [-0.39, 0.29) is 18.3 Å². The molecule has 5 nitrogen and oxygen atoms in total. The SMILES string of the molecule is CC1CCC(Oc2ccc([N+](=O)[O-])cc2CN)CC1C. The molecule has 1 aliphatic carbocycles. The molecule has 0 saturated heterocycles. The molecule has 20 heavy (non-hydrogen) atoms. The molecule has 2 N–H and O–H groups in total. The van der Waals surface area contributed by atoms with E-state index in [1.54, 1.807) is 6.07 Å². The van der Waals surface area contributed by atoms with Crippen LogP contribution in [0.2, 0.25) is 0 Å². The maximum Gasteiger partial charge on any atom is 0.270 e. The summed E-state index contributed by atoms with van der Waals surface area (Å²) in [6.45, 7) is 4.77. The number of nitro groups is 1. The van der Waals surface area contributed by atoms with Crippen molar-refractivity contribution in [2.24, 2.45) is 17.6 Å². The lowest BCUT2D eigenvalue weighted by molar-refractivity contribution is -0.384. The Morgan fingerprint density at radius 3 is 2.70 bits per heavy atom. The fraction of sp³-hybridized carbons (Fsp3) is 0.600. The zero-order chi connectivity index (χ0) is 14.7. The molecule has 3 unspecified atom stereocenters. The Hall–Kier alpha value is -1.62. The number of hydrogen-bond donors (Lipinski definition) is 1. The fourth-order valence-corrected chi connectivity index (χ4v) is 2.74. The number of benzene rings is 1. The molecule has 3 atom stereocenters. The third kappa shape index (κ3) is 3.28. The Morgan fingerprint density at radius 1 is 1.35 bits per heavy atom. The lowest BCUT2D eigenvalue weighted by atomic mass is 9.80. The van der Waals surface area contributed by atoms with Gasteiger partial charge in [0.1, 0.15) is 5.75 Å². The third-order valence-electron chi connectivity index (χ3n) is 4.32. The number of rotatable bonds is 4. The first-order valence-electron chi connectivity index (χ1n) is 7.15. The molecule has 1 aliphatic rings. The summed E-state index contributed by atoms with van der Waals surface area (Å²) in [6, 6.07) is 4.65. The highest BCUT2D eigenvalue weighted by molar-refractivity contribution is 5.43. The Morgan fingerprint density at radius 2 is 2.10 bits per heavy atom. The monoisotopic (exact) mass is 278 g/mol. The molecule has 0 amide bonds. The summed E-state index contributed by atoms with van der Waals surface area (Å²) in [5.74, 6) is 2.07. The van der Waals surface area contributed by atoms with Gasteiger partial charge in [-0.1, -0.05) is 13.8 Å². The molecule has 0 aliphatic heterocycles. The molecule has 0 bridgehead atoms. The first kappa shape index (κ1) is 14.8. The lowest BCUT2D eigenvalue weighted by Gasteiger charge is -2.32. The van der Waals surface area contributed by atoms with E-state index in [0.29, 0.717) is 17.2 Å². The Bertz CT molecular complexity index is 490. The van der Waals surface area contributed by atoms with Crippen LogP contribution in [-0.4, -0.2) is 11.0 Å². The molecule has 1 aromatic carbocycles. The van der Waals surface area contributed by atoms with Crippen molar-refractivity contribution in [1.29, 1.82) is 0 Å². The number of nitrogens with two attached hydrogens (primary N) is 1. The second-order valence-corrected chi connectivity index (χ2v) is 5.76. The van der Waals surface area contributed by atoms with Crippen LogP contribution in [0.25, 0.3) is 0 Å². The molecule has 1 aromatic rings. The van der Waals surface area contributed by atoms with Gasteiger partial charge >= 0.3 is 0 Å². The molecule has 2 rings (SSSR count). The van der Waals surface area contributed by atoms with Gasteiger partial charge in [-0.2, -0.15) is 0 Å². The maximum atomic E-state index is 10.8. The standard InChI is InChI=1S/C15H22N2O3/c1-10-3-5-14(7-11(10)2)20-15-6-4-13(17(18)19)8-12(15)9-16/h4,6,8,10-11,14H,3,5,7,9,16H2,1-2H3. The number of ether oxygens (including phenoxy) is 1.